The second-order valence-electron chi connectivity index (χ2n) is 5.68. The molecule has 2 aromatic carbocycles. The number of amides is 1. The minimum Gasteiger partial charge on any atom is -0.396 e. The Kier molecular flexibility index (Phi) is 5.73. The van der Waals surface area contributed by atoms with Crippen LogP contribution in [0, 0.1) is 13.8 Å². The lowest BCUT2D eigenvalue weighted by Gasteiger charge is -2.19. The Labute approximate surface area is 132 Å². The zero-order valence-electron chi connectivity index (χ0n) is 13.2. The van der Waals surface area contributed by atoms with Crippen LogP contribution in [0.3, 0.4) is 0 Å². The lowest BCUT2D eigenvalue weighted by atomic mass is 10.0. The molecule has 0 aromatic heterocycles. The van der Waals surface area contributed by atoms with Crippen molar-refractivity contribution in [2.45, 2.75) is 32.7 Å². The number of carbonyl (C=O) groups excluding carboxylic acids is 1. The molecule has 2 rings (SSSR count). The zero-order valence-corrected chi connectivity index (χ0v) is 13.2. The highest BCUT2D eigenvalue weighted by molar-refractivity contribution is 5.94. The summed E-state index contributed by atoms with van der Waals surface area (Å²) in [4.78, 5) is 12.5. The molecule has 2 N–H and O–H groups in total. The van der Waals surface area contributed by atoms with Crippen LogP contribution in [0.25, 0.3) is 0 Å². The van der Waals surface area contributed by atoms with Gasteiger partial charge in [-0.1, -0.05) is 47.5 Å². The maximum Gasteiger partial charge on any atom is 0.251 e. The van der Waals surface area contributed by atoms with Crippen molar-refractivity contribution in [3.63, 3.8) is 0 Å². The van der Waals surface area contributed by atoms with Gasteiger partial charge in [0.05, 0.1) is 6.04 Å². The fourth-order valence-electron chi connectivity index (χ4n) is 2.65. The van der Waals surface area contributed by atoms with Gasteiger partial charge < -0.3 is 10.4 Å². The van der Waals surface area contributed by atoms with Gasteiger partial charge in [0, 0.05) is 12.2 Å². The Morgan fingerprint density at radius 2 is 1.73 bits per heavy atom. The third-order valence-electron chi connectivity index (χ3n) is 3.64. The van der Waals surface area contributed by atoms with Crippen LogP contribution in [0.4, 0.5) is 0 Å². The van der Waals surface area contributed by atoms with E-state index in [0.29, 0.717) is 12.0 Å². The molecule has 3 nitrogen and oxygen atoms in total. The molecule has 2 aromatic rings. The van der Waals surface area contributed by atoms with E-state index in [1.807, 2.05) is 56.3 Å². The molecule has 1 atom stereocenters. The van der Waals surface area contributed by atoms with Crippen LogP contribution < -0.4 is 5.32 Å². The second kappa shape index (κ2) is 7.76. The molecule has 0 aliphatic rings. The van der Waals surface area contributed by atoms with Gasteiger partial charge in [-0.15, -0.1) is 0 Å². The number of hydrogen-bond acceptors (Lipinski definition) is 2. The van der Waals surface area contributed by atoms with Crippen molar-refractivity contribution in [2.24, 2.45) is 0 Å². The highest BCUT2D eigenvalue weighted by Crippen LogP contribution is 2.19. The Bertz CT molecular complexity index is 602. The molecule has 1 unspecified atom stereocenters. The summed E-state index contributed by atoms with van der Waals surface area (Å²) in [6, 6.07) is 15.7. The predicted octanol–water partition coefficient (Wildman–Crippen LogP) is 3.55. The Hall–Kier alpha value is -2.13. The molecule has 0 saturated carbocycles. The lowest BCUT2D eigenvalue weighted by Crippen LogP contribution is -2.28. The summed E-state index contributed by atoms with van der Waals surface area (Å²) in [5, 5.41) is 12.2. The van der Waals surface area contributed by atoms with Crippen molar-refractivity contribution >= 4 is 5.91 Å². The number of rotatable bonds is 6. The quantitative estimate of drug-likeness (QED) is 0.856. The molecule has 0 radical (unpaired) electrons. The largest absolute Gasteiger partial charge is 0.396 e. The summed E-state index contributed by atoms with van der Waals surface area (Å²) in [6.45, 7) is 4.11. The topological polar surface area (TPSA) is 49.3 Å². The van der Waals surface area contributed by atoms with E-state index in [0.717, 1.165) is 23.1 Å². The molecule has 0 bridgehead atoms. The molecule has 1 amide bonds. The molecule has 22 heavy (non-hydrogen) atoms. The van der Waals surface area contributed by atoms with Gasteiger partial charge in [-0.25, -0.2) is 0 Å². The van der Waals surface area contributed by atoms with Gasteiger partial charge in [0.25, 0.3) is 5.91 Å². The van der Waals surface area contributed by atoms with Crippen molar-refractivity contribution in [2.75, 3.05) is 6.61 Å². The maximum atomic E-state index is 12.5. The highest BCUT2D eigenvalue weighted by Gasteiger charge is 2.15. The molecule has 0 spiro atoms. The SMILES string of the molecule is Cc1cc(C)cc(C(=O)NC(CCCO)c2ccccc2)c1. The summed E-state index contributed by atoms with van der Waals surface area (Å²) < 4.78 is 0. The minimum absolute atomic E-state index is 0.0707. The smallest absolute Gasteiger partial charge is 0.251 e. The first-order chi connectivity index (χ1) is 10.6. The van der Waals surface area contributed by atoms with Crippen LogP contribution in [0.5, 0.6) is 0 Å². The maximum absolute atomic E-state index is 12.5. The molecule has 0 heterocycles. The van der Waals surface area contributed by atoms with E-state index in [9.17, 15) is 4.79 Å². The lowest BCUT2D eigenvalue weighted by molar-refractivity contribution is 0.0932. The summed E-state index contributed by atoms with van der Waals surface area (Å²) in [5.41, 5.74) is 3.91. The fraction of sp³-hybridized carbons (Fsp3) is 0.316. The molecule has 0 aliphatic heterocycles. The number of aryl methyl sites for hydroxylation is 2. The summed E-state index contributed by atoms with van der Waals surface area (Å²) >= 11 is 0. The van der Waals surface area contributed by atoms with Crippen LogP contribution in [0.15, 0.2) is 48.5 Å². The Morgan fingerprint density at radius 1 is 1.09 bits per heavy atom. The third-order valence-corrected chi connectivity index (χ3v) is 3.64. The van der Waals surface area contributed by atoms with Crippen molar-refractivity contribution < 1.29 is 9.90 Å². The number of nitrogens with one attached hydrogen (secondary N) is 1. The van der Waals surface area contributed by atoms with Gasteiger partial charge in [-0.3, -0.25) is 4.79 Å². The molecule has 0 saturated heterocycles. The zero-order chi connectivity index (χ0) is 15.9. The number of aliphatic hydroxyl groups excluding tert-OH is 1. The van der Waals surface area contributed by atoms with E-state index >= 15 is 0 Å². The van der Waals surface area contributed by atoms with Crippen LogP contribution >= 0.6 is 0 Å². The summed E-state index contributed by atoms with van der Waals surface area (Å²) in [7, 11) is 0. The average Bonchev–Trinajstić information content (AvgIpc) is 2.51. The first kappa shape index (κ1) is 16.2. The third kappa shape index (κ3) is 4.43. The summed E-state index contributed by atoms with van der Waals surface area (Å²) in [6.07, 6.45) is 1.38. The van der Waals surface area contributed by atoms with Crippen LogP contribution in [-0.2, 0) is 0 Å². The molecule has 0 fully saturated rings. The Balaban J connectivity index is 2.17. The van der Waals surface area contributed by atoms with Crippen molar-refractivity contribution in [1.82, 2.24) is 5.32 Å². The number of benzene rings is 2. The van der Waals surface area contributed by atoms with Crippen LogP contribution in [0.2, 0.25) is 0 Å². The van der Waals surface area contributed by atoms with Gasteiger partial charge in [0.15, 0.2) is 0 Å². The number of hydrogen-bond donors (Lipinski definition) is 2. The van der Waals surface area contributed by atoms with E-state index in [1.54, 1.807) is 0 Å². The monoisotopic (exact) mass is 297 g/mol. The molecule has 0 aliphatic carbocycles. The van der Waals surface area contributed by atoms with Crippen LogP contribution in [0.1, 0.15) is 45.9 Å². The van der Waals surface area contributed by atoms with Gasteiger partial charge in [0.1, 0.15) is 0 Å². The van der Waals surface area contributed by atoms with Crippen molar-refractivity contribution in [1.29, 1.82) is 0 Å². The minimum atomic E-state index is -0.0818. The van der Waals surface area contributed by atoms with Crippen LogP contribution in [-0.4, -0.2) is 17.6 Å². The number of aliphatic hydroxyl groups is 1. The Morgan fingerprint density at radius 3 is 2.32 bits per heavy atom. The van der Waals surface area contributed by atoms with Crippen molar-refractivity contribution in [3.05, 3.63) is 70.8 Å². The molecule has 3 heteroatoms. The normalized spacial score (nSPS) is 12.0. The fourth-order valence-corrected chi connectivity index (χ4v) is 2.65. The van der Waals surface area contributed by atoms with E-state index in [1.165, 1.54) is 0 Å². The first-order valence-corrected chi connectivity index (χ1v) is 7.65. The van der Waals surface area contributed by atoms with Crippen molar-refractivity contribution in [3.8, 4) is 0 Å². The second-order valence-corrected chi connectivity index (χ2v) is 5.68. The molecule has 116 valence electrons. The first-order valence-electron chi connectivity index (χ1n) is 7.65. The predicted molar refractivity (Wildman–Crippen MR) is 88.9 cm³/mol. The highest BCUT2D eigenvalue weighted by atomic mass is 16.3. The molecular formula is C19H23NO2. The van der Waals surface area contributed by atoms with E-state index in [-0.39, 0.29) is 18.6 Å². The average molecular weight is 297 g/mol. The molecular weight excluding hydrogens is 274 g/mol. The number of carbonyl (C=O) groups is 1. The van der Waals surface area contributed by atoms with E-state index in [4.69, 9.17) is 5.11 Å². The van der Waals surface area contributed by atoms with E-state index < -0.39 is 0 Å². The van der Waals surface area contributed by atoms with E-state index in [2.05, 4.69) is 11.4 Å². The van der Waals surface area contributed by atoms with Gasteiger partial charge in [-0.05, 0) is 44.4 Å². The van der Waals surface area contributed by atoms with Gasteiger partial charge in [0.2, 0.25) is 0 Å². The van der Waals surface area contributed by atoms with Gasteiger partial charge >= 0.3 is 0 Å². The summed E-state index contributed by atoms with van der Waals surface area (Å²) in [5.74, 6) is -0.0707. The van der Waals surface area contributed by atoms with Gasteiger partial charge in [-0.2, -0.15) is 0 Å². The standard InChI is InChI=1S/C19H23NO2/c1-14-11-15(2)13-17(12-14)19(22)20-18(9-6-10-21)16-7-4-3-5-8-16/h3-5,7-8,11-13,18,21H,6,9-10H2,1-2H3,(H,20,22).